The van der Waals surface area contributed by atoms with Gasteiger partial charge >= 0.3 is 6.03 Å². The summed E-state index contributed by atoms with van der Waals surface area (Å²) < 4.78 is 5.29. The highest BCUT2D eigenvalue weighted by atomic mass is 16.5. The molecule has 0 aliphatic carbocycles. The van der Waals surface area contributed by atoms with E-state index in [1.54, 1.807) is 13.8 Å². The number of imide groups is 2. The molecule has 6 nitrogen and oxygen atoms in total. The van der Waals surface area contributed by atoms with Crippen LogP contribution in [0.3, 0.4) is 0 Å². The van der Waals surface area contributed by atoms with Gasteiger partial charge in [0.2, 0.25) is 11.8 Å². The van der Waals surface area contributed by atoms with Crippen LogP contribution in [0.2, 0.25) is 0 Å². The van der Waals surface area contributed by atoms with E-state index < -0.39 is 17.4 Å². The summed E-state index contributed by atoms with van der Waals surface area (Å²) in [5.41, 5.74) is -1.08. The fraction of sp³-hybridized carbons (Fsp3) is 0.786. The van der Waals surface area contributed by atoms with Crippen LogP contribution in [0.15, 0.2) is 0 Å². The first-order valence-corrected chi connectivity index (χ1v) is 7.30. The number of urea groups is 1. The normalized spacial score (nSPS) is 26.0. The molecule has 0 aromatic rings. The zero-order valence-electron chi connectivity index (χ0n) is 12.1. The Morgan fingerprint density at radius 3 is 2.55 bits per heavy atom. The summed E-state index contributed by atoms with van der Waals surface area (Å²) in [6, 6.07) is -0.587. The fourth-order valence-electron chi connectivity index (χ4n) is 2.93. The summed E-state index contributed by atoms with van der Waals surface area (Å²) >= 11 is 0. The van der Waals surface area contributed by atoms with Gasteiger partial charge in [0.15, 0.2) is 0 Å². The molecular formula is C14H22N2O4. The quantitative estimate of drug-likeness (QED) is 0.771. The van der Waals surface area contributed by atoms with Crippen molar-refractivity contribution in [2.45, 2.75) is 39.5 Å². The molecular weight excluding hydrogens is 260 g/mol. The third-order valence-electron chi connectivity index (χ3n) is 4.55. The van der Waals surface area contributed by atoms with Crippen LogP contribution >= 0.6 is 0 Å². The number of ether oxygens (including phenoxy) is 1. The molecule has 1 atom stereocenters. The van der Waals surface area contributed by atoms with Crippen molar-refractivity contribution in [3.63, 3.8) is 0 Å². The van der Waals surface area contributed by atoms with Gasteiger partial charge in [-0.05, 0) is 31.6 Å². The lowest BCUT2D eigenvalue weighted by Crippen LogP contribution is -2.63. The Hall–Kier alpha value is -1.43. The highest BCUT2D eigenvalue weighted by Gasteiger charge is 2.51. The lowest BCUT2D eigenvalue weighted by Gasteiger charge is -2.38. The minimum Gasteiger partial charge on any atom is -0.381 e. The summed E-state index contributed by atoms with van der Waals surface area (Å²) in [6.45, 7) is 5.40. The molecule has 6 heteroatoms. The van der Waals surface area contributed by atoms with Gasteiger partial charge in [0, 0.05) is 19.8 Å². The first-order valence-electron chi connectivity index (χ1n) is 7.30. The number of amides is 4. The van der Waals surface area contributed by atoms with Crippen molar-refractivity contribution in [2.24, 2.45) is 11.3 Å². The molecule has 2 fully saturated rings. The minimum atomic E-state index is -1.08. The maximum atomic E-state index is 12.5. The van der Waals surface area contributed by atoms with Crippen LogP contribution in [-0.4, -0.2) is 42.5 Å². The van der Waals surface area contributed by atoms with Gasteiger partial charge in [-0.1, -0.05) is 13.8 Å². The second kappa shape index (κ2) is 5.91. The number of nitrogens with zero attached hydrogens (tertiary/aromatic N) is 1. The van der Waals surface area contributed by atoms with Crippen LogP contribution in [0.1, 0.15) is 39.5 Å². The number of carbonyl (C=O) groups is 3. The number of nitrogens with one attached hydrogen (secondary N) is 1. The van der Waals surface area contributed by atoms with E-state index in [1.807, 2.05) is 0 Å². The Labute approximate surface area is 118 Å². The zero-order valence-corrected chi connectivity index (χ0v) is 12.1. The zero-order chi connectivity index (χ0) is 14.8. The van der Waals surface area contributed by atoms with Gasteiger partial charge in [0.25, 0.3) is 0 Å². The number of barbiturate groups is 1. The van der Waals surface area contributed by atoms with Crippen molar-refractivity contribution in [2.75, 3.05) is 19.8 Å². The number of carbonyl (C=O) groups excluding carboxylic acids is 3. The smallest absolute Gasteiger partial charge is 0.330 e. The predicted octanol–water partition coefficient (Wildman–Crippen LogP) is 1.30. The molecule has 2 rings (SSSR count). The first-order chi connectivity index (χ1) is 9.55. The van der Waals surface area contributed by atoms with Crippen molar-refractivity contribution in [3.8, 4) is 0 Å². The van der Waals surface area contributed by atoms with E-state index in [2.05, 4.69) is 5.32 Å². The summed E-state index contributed by atoms with van der Waals surface area (Å²) in [5.74, 6) is -0.418. The molecule has 4 amide bonds. The van der Waals surface area contributed by atoms with Crippen LogP contribution in [-0.2, 0) is 14.3 Å². The van der Waals surface area contributed by atoms with E-state index in [1.165, 1.54) is 4.90 Å². The van der Waals surface area contributed by atoms with Gasteiger partial charge in [-0.25, -0.2) is 4.79 Å². The second-order valence-corrected chi connectivity index (χ2v) is 5.52. The molecule has 2 aliphatic rings. The lowest BCUT2D eigenvalue weighted by molar-refractivity contribution is -0.152. The monoisotopic (exact) mass is 282 g/mol. The highest BCUT2D eigenvalue weighted by molar-refractivity contribution is 6.19. The van der Waals surface area contributed by atoms with Gasteiger partial charge in [-0.15, -0.1) is 0 Å². The molecule has 0 spiro atoms. The molecule has 20 heavy (non-hydrogen) atoms. The van der Waals surface area contributed by atoms with E-state index in [-0.39, 0.29) is 5.91 Å². The van der Waals surface area contributed by atoms with Crippen molar-refractivity contribution < 1.29 is 19.1 Å². The molecule has 0 aromatic heterocycles. The maximum absolute atomic E-state index is 12.5. The topological polar surface area (TPSA) is 75.7 Å². The third kappa shape index (κ3) is 2.44. The number of hydrogen-bond donors (Lipinski definition) is 1. The van der Waals surface area contributed by atoms with E-state index in [0.717, 1.165) is 19.4 Å². The molecule has 2 heterocycles. The van der Waals surface area contributed by atoms with Crippen LogP contribution in [0.4, 0.5) is 4.79 Å². The van der Waals surface area contributed by atoms with Crippen LogP contribution in [0.5, 0.6) is 0 Å². The van der Waals surface area contributed by atoms with Gasteiger partial charge in [0.1, 0.15) is 5.41 Å². The third-order valence-corrected chi connectivity index (χ3v) is 4.55. The largest absolute Gasteiger partial charge is 0.381 e. The van der Waals surface area contributed by atoms with Gasteiger partial charge < -0.3 is 4.74 Å². The molecule has 112 valence electrons. The Balaban J connectivity index is 2.08. The summed E-state index contributed by atoms with van der Waals surface area (Å²) in [5, 5.41) is 2.32. The fourth-order valence-corrected chi connectivity index (χ4v) is 2.93. The number of hydrogen-bond acceptors (Lipinski definition) is 4. The van der Waals surface area contributed by atoms with E-state index >= 15 is 0 Å². The van der Waals surface area contributed by atoms with E-state index in [0.29, 0.717) is 31.9 Å². The molecule has 0 radical (unpaired) electrons. The molecule has 2 saturated heterocycles. The van der Waals surface area contributed by atoms with Crippen molar-refractivity contribution in [1.82, 2.24) is 10.2 Å². The van der Waals surface area contributed by atoms with Crippen molar-refractivity contribution in [1.29, 1.82) is 0 Å². The molecule has 0 aromatic carbocycles. The van der Waals surface area contributed by atoms with E-state index in [4.69, 9.17) is 4.74 Å². The van der Waals surface area contributed by atoms with Crippen molar-refractivity contribution in [3.05, 3.63) is 0 Å². The molecule has 1 unspecified atom stereocenters. The van der Waals surface area contributed by atoms with Crippen LogP contribution in [0, 0.1) is 11.3 Å². The van der Waals surface area contributed by atoms with E-state index in [9.17, 15) is 14.4 Å². The van der Waals surface area contributed by atoms with Crippen LogP contribution < -0.4 is 5.32 Å². The molecule has 0 saturated carbocycles. The molecule has 0 bridgehead atoms. The van der Waals surface area contributed by atoms with Crippen LogP contribution in [0.25, 0.3) is 0 Å². The standard InChI is InChI=1S/C14H22N2O4/c1-3-14(4-2)11(17)15-13(19)16(12(14)18)7-5-10-6-8-20-9-10/h10H,3-9H2,1-2H3,(H,15,17,19). The van der Waals surface area contributed by atoms with Gasteiger partial charge in [-0.3, -0.25) is 19.8 Å². The average Bonchev–Trinajstić information content (AvgIpc) is 2.93. The molecule has 1 N–H and O–H groups in total. The lowest BCUT2D eigenvalue weighted by atomic mass is 9.78. The second-order valence-electron chi connectivity index (χ2n) is 5.52. The maximum Gasteiger partial charge on any atom is 0.330 e. The Kier molecular flexibility index (Phi) is 4.42. The van der Waals surface area contributed by atoms with Gasteiger partial charge in [-0.2, -0.15) is 0 Å². The highest BCUT2D eigenvalue weighted by Crippen LogP contribution is 2.32. The van der Waals surface area contributed by atoms with Gasteiger partial charge in [0.05, 0.1) is 0 Å². The molecule has 2 aliphatic heterocycles. The first kappa shape index (κ1) is 15.0. The Morgan fingerprint density at radius 2 is 2.00 bits per heavy atom. The predicted molar refractivity (Wildman–Crippen MR) is 71.8 cm³/mol. The SMILES string of the molecule is CCC1(CC)C(=O)NC(=O)N(CCC2CCOC2)C1=O. The summed E-state index contributed by atoms with van der Waals surface area (Å²) in [6.07, 6.45) is 2.51. The summed E-state index contributed by atoms with van der Waals surface area (Å²) in [7, 11) is 0. The Bertz CT molecular complexity index is 411. The number of rotatable bonds is 5. The Morgan fingerprint density at radius 1 is 1.30 bits per heavy atom. The summed E-state index contributed by atoms with van der Waals surface area (Å²) in [4.78, 5) is 37.6. The average molecular weight is 282 g/mol. The van der Waals surface area contributed by atoms with Crippen molar-refractivity contribution >= 4 is 17.8 Å². The minimum absolute atomic E-state index is 0.352.